The third-order valence-corrected chi connectivity index (χ3v) is 4.14. The van der Waals surface area contributed by atoms with E-state index in [0.29, 0.717) is 17.3 Å². The molecule has 1 aromatic heterocycles. The van der Waals surface area contributed by atoms with E-state index in [1.54, 1.807) is 36.5 Å². The number of benzene rings is 2. The molecular formula is C22H23N3O3. The van der Waals surface area contributed by atoms with Crippen molar-refractivity contribution < 1.29 is 14.6 Å². The van der Waals surface area contributed by atoms with E-state index >= 15 is 0 Å². The van der Waals surface area contributed by atoms with Gasteiger partial charge >= 0.3 is 6.03 Å². The lowest BCUT2D eigenvalue weighted by Gasteiger charge is -2.13. The molecule has 2 aromatic carbocycles. The van der Waals surface area contributed by atoms with Gasteiger partial charge in [-0.05, 0) is 49.2 Å². The van der Waals surface area contributed by atoms with Gasteiger partial charge in [-0.1, -0.05) is 35.9 Å². The molecule has 0 saturated carbocycles. The maximum absolute atomic E-state index is 12.0. The molecule has 6 heteroatoms. The Labute approximate surface area is 164 Å². The maximum atomic E-state index is 12.0. The molecule has 0 bridgehead atoms. The van der Waals surface area contributed by atoms with Crippen molar-refractivity contribution >= 4 is 11.7 Å². The number of urea groups is 1. The Bertz CT molecular complexity index is 907. The molecule has 3 rings (SSSR count). The summed E-state index contributed by atoms with van der Waals surface area (Å²) < 4.78 is 5.66. The average Bonchev–Trinajstić information content (AvgIpc) is 2.70. The Morgan fingerprint density at radius 1 is 1.00 bits per heavy atom. The van der Waals surface area contributed by atoms with Gasteiger partial charge in [0.2, 0.25) is 5.88 Å². The molecule has 3 N–H and O–H groups in total. The van der Waals surface area contributed by atoms with Crippen LogP contribution in [0.4, 0.5) is 10.5 Å². The molecule has 1 unspecified atom stereocenters. The lowest BCUT2D eigenvalue weighted by Crippen LogP contribution is -2.32. The Kier molecular flexibility index (Phi) is 6.24. The van der Waals surface area contributed by atoms with E-state index < -0.39 is 6.10 Å². The fourth-order valence-corrected chi connectivity index (χ4v) is 2.51. The highest BCUT2D eigenvalue weighted by Crippen LogP contribution is 2.21. The number of hydrogen-bond acceptors (Lipinski definition) is 4. The first-order valence-electron chi connectivity index (χ1n) is 8.99. The zero-order valence-corrected chi connectivity index (χ0v) is 15.8. The molecule has 0 radical (unpaired) electrons. The topological polar surface area (TPSA) is 83.5 Å². The monoisotopic (exact) mass is 377 g/mol. The first-order chi connectivity index (χ1) is 13.5. The Hall–Kier alpha value is -3.38. The van der Waals surface area contributed by atoms with Crippen LogP contribution < -0.4 is 15.4 Å². The van der Waals surface area contributed by atoms with Gasteiger partial charge < -0.3 is 20.5 Å². The normalized spacial score (nSPS) is 11.5. The summed E-state index contributed by atoms with van der Waals surface area (Å²) in [6, 6.07) is 17.8. The van der Waals surface area contributed by atoms with Crippen LogP contribution in [0.25, 0.3) is 0 Å². The predicted molar refractivity (Wildman–Crippen MR) is 109 cm³/mol. The Morgan fingerprint density at radius 3 is 2.32 bits per heavy atom. The number of aliphatic hydroxyl groups is 1. The highest BCUT2D eigenvalue weighted by Gasteiger charge is 2.09. The number of anilines is 1. The number of ether oxygens (including phenoxy) is 1. The molecule has 28 heavy (non-hydrogen) atoms. The first kappa shape index (κ1) is 19.4. The van der Waals surface area contributed by atoms with Crippen LogP contribution in [-0.4, -0.2) is 22.7 Å². The number of carbonyl (C=O) groups is 1. The highest BCUT2D eigenvalue weighted by molar-refractivity contribution is 5.89. The van der Waals surface area contributed by atoms with Crippen LogP contribution in [0.3, 0.4) is 0 Å². The molecule has 6 nitrogen and oxygen atoms in total. The molecule has 1 heterocycles. The van der Waals surface area contributed by atoms with E-state index in [0.717, 1.165) is 16.7 Å². The number of carbonyl (C=O) groups excluding carboxylic acids is 1. The van der Waals surface area contributed by atoms with E-state index in [1.165, 1.54) is 0 Å². The second-order valence-corrected chi connectivity index (χ2v) is 6.56. The van der Waals surface area contributed by atoms with Crippen LogP contribution in [0.2, 0.25) is 0 Å². The summed E-state index contributed by atoms with van der Waals surface area (Å²) in [5.41, 5.74) is 3.56. The van der Waals surface area contributed by atoms with Crippen molar-refractivity contribution in [2.45, 2.75) is 20.0 Å². The molecule has 0 aliphatic carbocycles. The number of aryl methyl sites for hydroxylation is 2. The number of rotatable bonds is 6. The van der Waals surface area contributed by atoms with Crippen LogP contribution in [0.5, 0.6) is 11.6 Å². The van der Waals surface area contributed by atoms with Crippen molar-refractivity contribution in [3.63, 3.8) is 0 Å². The molecule has 0 spiro atoms. The van der Waals surface area contributed by atoms with E-state index in [1.807, 2.05) is 44.2 Å². The molecule has 0 saturated heterocycles. The van der Waals surface area contributed by atoms with Crippen LogP contribution in [0.15, 0.2) is 66.9 Å². The Balaban J connectivity index is 1.48. The van der Waals surface area contributed by atoms with Crippen molar-refractivity contribution in [3.8, 4) is 11.6 Å². The molecule has 3 aromatic rings. The molecule has 144 valence electrons. The van der Waals surface area contributed by atoms with Crippen LogP contribution in [0.1, 0.15) is 22.8 Å². The zero-order chi connectivity index (χ0) is 19.9. The minimum Gasteiger partial charge on any atom is -0.439 e. The third-order valence-electron chi connectivity index (χ3n) is 4.14. The van der Waals surface area contributed by atoms with Gasteiger partial charge in [-0.15, -0.1) is 0 Å². The summed E-state index contributed by atoms with van der Waals surface area (Å²) in [5.74, 6) is 1.13. The zero-order valence-electron chi connectivity index (χ0n) is 15.8. The van der Waals surface area contributed by atoms with Crippen molar-refractivity contribution in [2.75, 3.05) is 11.9 Å². The Morgan fingerprint density at radius 2 is 1.68 bits per heavy atom. The number of amides is 2. The number of aliphatic hydroxyl groups excluding tert-OH is 1. The van der Waals surface area contributed by atoms with Crippen molar-refractivity contribution in [1.29, 1.82) is 0 Å². The standard InChI is InChI=1S/C22H23N3O3/c1-15-3-6-17(7-4-15)20(26)14-24-22(27)25-18-8-10-19(11-9-18)28-21-12-5-16(2)13-23-21/h3-13,20,26H,14H2,1-2H3,(H2,24,25,27). The van der Waals surface area contributed by atoms with Gasteiger partial charge in [0.05, 0.1) is 6.10 Å². The summed E-state index contributed by atoms with van der Waals surface area (Å²) in [5, 5.41) is 15.5. The lowest BCUT2D eigenvalue weighted by molar-refractivity contribution is 0.175. The predicted octanol–water partition coefficient (Wildman–Crippen LogP) is 4.35. The molecular weight excluding hydrogens is 354 g/mol. The van der Waals surface area contributed by atoms with Gasteiger partial charge in [-0.3, -0.25) is 0 Å². The smallest absolute Gasteiger partial charge is 0.319 e. The summed E-state index contributed by atoms with van der Waals surface area (Å²) in [4.78, 5) is 16.2. The van der Waals surface area contributed by atoms with Gasteiger partial charge in [0.15, 0.2) is 0 Å². The van der Waals surface area contributed by atoms with E-state index in [-0.39, 0.29) is 12.6 Å². The van der Waals surface area contributed by atoms with Crippen molar-refractivity contribution in [1.82, 2.24) is 10.3 Å². The van der Waals surface area contributed by atoms with Gasteiger partial charge in [0.1, 0.15) is 5.75 Å². The number of aromatic nitrogens is 1. The van der Waals surface area contributed by atoms with Gasteiger partial charge in [-0.25, -0.2) is 9.78 Å². The van der Waals surface area contributed by atoms with Gasteiger partial charge in [0, 0.05) is 24.5 Å². The van der Waals surface area contributed by atoms with E-state index in [4.69, 9.17) is 4.74 Å². The number of nitrogens with zero attached hydrogens (tertiary/aromatic N) is 1. The molecule has 1 atom stereocenters. The first-order valence-corrected chi connectivity index (χ1v) is 8.99. The fraction of sp³-hybridized carbons (Fsp3) is 0.182. The van der Waals surface area contributed by atoms with Crippen LogP contribution in [0, 0.1) is 13.8 Å². The second-order valence-electron chi connectivity index (χ2n) is 6.56. The van der Waals surface area contributed by atoms with Crippen LogP contribution >= 0.6 is 0 Å². The summed E-state index contributed by atoms with van der Waals surface area (Å²) >= 11 is 0. The van der Waals surface area contributed by atoms with E-state index in [2.05, 4.69) is 15.6 Å². The quantitative estimate of drug-likeness (QED) is 0.596. The summed E-state index contributed by atoms with van der Waals surface area (Å²) in [6.07, 6.45) is 0.977. The van der Waals surface area contributed by atoms with Crippen LogP contribution in [-0.2, 0) is 0 Å². The summed E-state index contributed by atoms with van der Waals surface area (Å²) in [7, 11) is 0. The maximum Gasteiger partial charge on any atom is 0.319 e. The van der Waals surface area contributed by atoms with E-state index in [9.17, 15) is 9.90 Å². The number of pyridine rings is 1. The fourth-order valence-electron chi connectivity index (χ4n) is 2.51. The highest BCUT2D eigenvalue weighted by atomic mass is 16.5. The second kappa shape index (κ2) is 9.01. The number of hydrogen-bond donors (Lipinski definition) is 3. The van der Waals surface area contributed by atoms with Crippen molar-refractivity contribution in [3.05, 3.63) is 83.6 Å². The molecule has 2 amide bonds. The lowest BCUT2D eigenvalue weighted by atomic mass is 10.1. The third kappa shape index (κ3) is 5.56. The minimum absolute atomic E-state index is 0.120. The average molecular weight is 377 g/mol. The SMILES string of the molecule is Cc1ccc(C(O)CNC(=O)Nc2ccc(Oc3ccc(C)cn3)cc2)cc1. The molecule has 0 aliphatic heterocycles. The molecule has 0 fully saturated rings. The largest absolute Gasteiger partial charge is 0.439 e. The summed E-state index contributed by atoms with van der Waals surface area (Å²) in [6.45, 7) is 4.06. The van der Waals surface area contributed by atoms with Crippen molar-refractivity contribution in [2.24, 2.45) is 0 Å². The molecule has 0 aliphatic rings. The van der Waals surface area contributed by atoms with Gasteiger partial charge in [-0.2, -0.15) is 0 Å². The number of nitrogens with one attached hydrogen (secondary N) is 2. The minimum atomic E-state index is -0.760. The van der Waals surface area contributed by atoms with Gasteiger partial charge in [0.25, 0.3) is 0 Å².